The summed E-state index contributed by atoms with van der Waals surface area (Å²) in [6.45, 7) is 2.01. The first kappa shape index (κ1) is 8.50. The molecule has 0 aromatic rings. The molecule has 13 heavy (non-hydrogen) atoms. The second-order valence-electron chi connectivity index (χ2n) is 2.83. The molecule has 2 heterocycles. The molecule has 0 saturated carbocycles. The zero-order valence-corrected chi connectivity index (χ0v) is 8.02. The summed E-state index contributed by atoms with van der Waals surface area (Å²) in [6, 6.07) is 0. The van der Waals surface area contributed by atoms with E-state index in [0.717, 1.165) is 16.5 Å². The smallest absolute Gasteiger partial charge is 0.165 e. The van der Waals surface area contributed by atoms with E-state index >= 15 is 0 Å². The lowest BCUT2D eigenvalue weighted by molar-refractivity contribution is -0.113. The number of hydrogen-bond acceptors (Lipinski definition) is 4. The average Bonchev–Trinajstić information content (AvgIpc) is 2.47. The van der Waals surface area contributed by atoms with Crippen molar-refractivity contribution >= 4 is 28.4 Å². The van der Waals surface area contributed by atoms with Gasteiger partial charge in [-0.3, -0.25) is 10.2 Å². The van der Waals surface area contributed by atoms with Crippen molar-refractivity contribution in [2.24, 2.45) is 5.10 Å². The zero-order valence-electron chi connectivity index (χ0n) is 7.20. The summed E-state index contributed by atoms with van der Waals surface area (Å²) in [7, 11) is 0. The van der Waals surface area contributed by atoms with E-state index in [-0.39, 0.29) is 18.0 Å². The standard InChI is InChI=1S/C8H9N3OS/c1-2-7-10-11-6(9)3-5(12)4-8(11)13-7/h4,9H,2-3H2,1H3. The van der Waals surface area contributed by atoms with Gasteiger partial charge < -0.3 is 0 Å². The maximum atomic E-state index is 11.1. The maximum absolute atomic E-state index is 11.1. The number of nitrogens with zero attached hydrogens (tertiary/aromatic N) is 2. The molecule has 0 unspecified atom stereocenters. The molecule has 68 valence electrons. The molecule has 0 amide bonds. The Hall–Kier alpha value is -1.10. The van der Waals surface area contributed by atoms with Crippen LogP contribution < -0.4 is 0 Å². The van der Waals surface area contributed by atoms with Crippen molar-refractivity contribution in [1.29, 1.82) is 5.41 Å². The molecule has 2 rings (SSSR count). The Labute approximate surface area is 80.2 Å². The number of hydrazone groups is 1. The molecule has 0 atom stereocenters. The fourth-order valence-corrected chi connectivity index (χ4v) is 2.14. The van der Waals surface area contributed by atoms with Crippen LogP contribution in [-0.2, 0) is 4.79 Å². The van der Waals surface area contributed by atoms with Gasteiger partial charge in [-0.1, -0.05) is 18.7 Å². The summed E-state index contributed by atoms with van der Waals surface area (Å²) in [5, 5.41) is 15.1. The van der Waals surface area contributed by atoms with Gasteiger partial charge in [0.1, 0.15) is 15.9 Å². The van der Waals surface area contributed by atoms with Crippen LogP contribution in [0.15, 0.2) is 16.2 Å². The first-order chi connectivity index (χ1) is 6.20. The monoisotopic (exact) mass is 195 g/mol. The van der Waals surface area contributed by atoms with Gasteiger partial charge in [0.2, 0.25) is 0 Å². The highest BCUT2D eigenvalue weighted by Crippen LogP contribution is 2.33. The van der Waals surface area contributed by atoms with Gasteiger partial charge >= 0.3 is 0 Å². The third-order valence-electron chi connectivity index (χ3n) is 1.83. The van der Waals surface area contributed by atoms with Crippen LogP contribution in [0.2, 0.25) is 0 Å². The Morgan fingerprint density at radius 1 is 1.77 bits per heavy atom. The summed E-state index contributed by atoms with van der Waals surface area (Å²) in [5.41, 5.74) is 0. The zero-order chi connectivity index (χ0) is 9.42. The highest BCUT2D eigenvalue weighted by atomic mass is 32.2. The van der Waals surface area contributed by atoms with E-state index < -0.39 is 0 Å². The van der Waals surface area contributed by atoms with E-state index in [9.17, 15) is 4.79 Å². The fraction of sp³-hybridized carbons (Fsp3) is 0.375. The molecule has 0 fully saturated rings. The molecule has 0 aromatic carbocycles. The number of amidine groups is 1. The van der Waals surface area contributed by atoms with Gasteiger partial charge in [0, 0.05) is 6.08 Å². The molecule has 2 aliphatic rings. The van der Waals surface area contributed by atoms with Crippen LogP contribution in [0.1, 0.15) is 19.8 Å². The minimum atomic E-state index is -0.00342. The Morgan fingerprint density at radius 2 is 2.54 bits per heavy atom. The van der Waals surface area contributed by atoms with Gasteiger partial charge in [-0.05, 0) is 6.42 Å². The Morgan fingerprint density at radius 3 is 3.23 bits per heavy atom. The average molecular weight is 195 g/mol. The largest absolute Gasteiger partial charge is 0.294 e. The van der Waals surface area contributed by atoms with E-state index in [4.69, 9.17) is 5.41 Å². The Bertz CT molecular complexity index is 345. The summed E-state index contributed by atoms with van der Waals surface area (Å²) in [5.74, 6) is 0.273. The fourth-order valence-electron chi connectivity index (χ4n) is 1.20. The molecule has 0 aromatic heterocycles. The van der Waals surface area contributed by atoms with E-state index in [0.29, 0.717) is 0 Å². The number of carbonyl (C=O) groups is 1. The minimum Gasteiger partial charge on any atom is -0.294 e. The third kappa shape index (κ3) is 1.39. The quantitative estimate of drug-likeness (QED) is 0.690. The predicted octanol–water partition coefficient (Wildman–Crippen LogP) is 1.55. The van der Waals surface area contributed by atoms with E-state index in [2.05, 4.69) is 5.10 Å². The van der Waals surface area contributed by atoms with Crippen LogP contribution in [-0.4, -0.2) is 21.7 Å². The van der Waals surface area contributed by atoms with Crippen molar-refractivity contribution in [2.45, 2.75) is 19.8 Å². The number of thioether (sulfide) groups is 1. The third-order valence-corrected chi connectivity index (χ3v) is 2.93. The van der Waals surface area contributed by atoms with Crippen LogP contribution >= 0.6 is 11.8 Å². The van der Waals surface area contributed by atoms with E-state index in [1.54, 1.807) is 11.1 Å². The lowest BCUT2D eigenvalue weighted by Gasteiger charge is -2.18. The number of rotatable bonds is 1. The van der Waals surface area contributed by atoms with Crippen molar-refractivity contribution in [3.63, 3.8) is 0 Å². The van der Waals surface area contributed by atoms with Crippen LogP contribution in [0.25, 0.3) is 0 Å². The highest BCUT2D eigenvalue weighted by Gasteiger charge is 2.29. The van der Waals surface area contributed by atoms with Crippen LogP contribution in [0.4, 0.5) is 0 Å². The second-order valence-corrected chi connectivity index (χ2v) is 3.93. The molecule has 2 aliphatic heterocycles. The summed E-state index contributed by atoms with van der Waals surface area (Å²) >= 11 is 1.48. The number of allylic oxidation sites excluding steroid dienone is 1. The molecular weight excluding hydrogens is 186 g/mol. The minimum absolute atomic E-state index is 0.00342. The first-order valence-electron chi connectivity index (χ1n) is 4.08. The number of carbonyl (C=O) groups excluding carboxylic acids is 1. The van der Waals surface area contributed by atoms with Crippen molar-refractivity contribution in [3.8, 4) is 0 Å². The molecule has 4 nitrogen and oxygen atoms in total. The lowest BCUT2D eigenvalue weighted by atomic mass is 10.2. The Kier molecular flexibility index (Phi) is 1.95. The molecule has 0 bridgehead atoms. The number of fused-ring (bicyclic) bond motifs is 1. The van der Waals surface area contributed by atoms with Crippen molar-refractivity contribution in [2.75, 3.05) is 0 Å². The van der Waals surface area contributed by atoms with Gasteiger partial charge in [-0.2, -0.15) is 5.10 Å². The molecule has 1 N–H and O–H groups in total. The molecule has 5 heteroatoms. The number of nitrogens with one attached hydrogen (secondary N) is 1. The molecule has 0 spiro atoms. The maximum Gasteiger partial charge on any atom is 0.165 e. The van der Waals surface area contributed by atoms with Gasteiger partial charge in [0.15, 0.2) is 5.78 Å². The van der Waals surface area contributed by atoms with Crippen molar-refractivity contribution < 1.29 is 4.79 Å². The number of hydrogen-bond donors (Lipinski definition) is 1. The van der Waals surface area contributed by atoms with Gasteiger partial charge in [0.25, 0.3) is 0 Å². The molecule has 0 aliphatic carbocycles. The normalized spacial score (nSPS) is 21.5. The Balaban J connectivity index is 2.32. The highest BCUT2D eigenvalue weighted by molar-refractivity contribution is 8.17. The van der Waals surface area contributed by atoms with Gasteiger partial charge in [-0.25, -0.2) is 5.01 Å². The number of ketones is 1. The second kappa shape index (κ2) is 2.99. The molecule has 0 radical (unpaired) electrons. The van der Waals surface area contributed by atoms with E-state index in [1.807, 2.05) is 6.92 Å². The van der Waals surface area contributed by atoms with Crippen LogP contribution in [0.3, 0.4) is 0 Å². The molecule has 0 saturated heterocycles. The SMILES string of the molecule is CCC1=NN2C(=N)CC(=O)C=C2S1. The van der Waals surface area contributed by atoms with Gasteiger partial charge in [-0.15, -0.1) is 0 Å². The van der Waals surface area contributed by atoms with Gasteiger partial charge in [0.05, 0.1) is 6.42 Å². The first-order valence-corrected chi connectivity index (χ1v) is 4.89. The van der Waals surface area contributed by atoms with Crippen molar-refractivity contribution in [1.82, 2.24) is 5.01 Å². The van der Waals surface area contributed by atoms with Crippen molar-refractivity contribution in [3.05, 3.63) is 11.1 Å². The van der Waals surface area contributed by atoms with E-state index in [1.165, 1.54) is 11.8 Å². The topological polar surface area (TPSA) is 56.5 Å². The summed E-state index contributed by atoms with van der Waals surface area (Å²) < 4.78 is 0. The van der Waals surface area contributed by atoms with Crippen LogP contribution in [0.5, 0.6) is 0 Å². The lowest BCUT2D eigenvalue weighted by Crippen LogP contribution is -2.27. The molecular formula is C8H9N3OS. The summed E-state index contributed by atoms with van der Waals surface area (Å²) in [6.07, 6.45) is 2.58. The predicted molar refractivity (Wildman–Crippen MR) is 52.6 cm³/mol. The van der Waals surface area contributed by atoms with Crippen LogP contribution in [0, 0.1) is 5.41 Å². The summed E-state index contributed by atoms with van der Waals surface area (Å²) in [4.78, 5) is 11.1.